The van der Waals surface area contributed by atoms with Crippen LogP contribution in [0.25, 0.3) is 11.2 Å². The molecule has 2 aromatic rings. The van der Waals surface area contributed by atoms with Gasteiger partial charge in [-0.05, 0) is 13.0 Å². The third-order valence-electron chi connectivity index (χ3n) is 3.43. The van der Waals surface area contributed by atoms with Crippen molar-refractivity contribution < 1.29 is 13.2 Å². The van der Waals surface area contributed by atoms with Crippen molar-refractivity contribution in [1.29, 1.82) is 0 Å². The minimum atomic E-state index is -4.20. The lowest BCUT2D eigenvalue weighted by atomic mass is 10.3. The number of nitrogens with zero attached hydrogens (tertiary/aromatic N) is 5. The maximum Gasteiger partial charge on any atom is 0.401 e. The molecule has 122 valence electrons. The molecule has 0 aliphatic rings. The molecule has 6 nitrogen and oxygen atoms in total. The molecule has 0 aromatic carbocycles. The van der Waals surface area contributed by atoms with Crippen LogP contribution in [0.15, 0.2) is 17.4 Å². The van der Waals surface area contributed by atoms with Gasteiger partial charge in [0, 0.05) is 20.1 Å². The van der Waals surface area contributed by atoms with Crippen LogP contribution in [0.5, 0.6) is 0 Å². The second kappa shape index (κ2) is 6.47. The number of hydrogen-bond donors (Lipinski definition) is 0. The van der Waals surface area contributed by atoms with Gasteiger partial charge in [0.1, 0.15) is 6.33 Å². The van der Waals surface area contributed by atoms with Gasteiger partial charge >= 0.3 is 6.18 Å². The number of fused-ring (bicyclic) bond motifs is 1. The van der Waals surface area contributed by atoms with Crippen LogP contribution in [-0.2, 0) is 13.6 Å². The quantitative estimate of drug-likeness (QED) is 0.808. The summed E-state index contributed by atoms with van der Waals surface area (Å²) in [4.78, 5) is 21.0. The Morgan fingerprint density at radius 2 is 2.00 bits per heavy atom. The third kappa shape index (κ3) is 3.85. The average molecular weight is 317 g/mol. The second-order valence-electron chi connectivity index (χ2n) is 5.11. The Balaban J connectivity index is 2.03. The molecule has 0 bridgehead atoms. The maximum absolute atomic E-state index is 12.4. The van der Waals surface area contributed by atoms with E-state index in [9.17, 15) is 18.0 Å². The molecule has 9 heteroatoms. The standard InChI is InChI=1S/C13H18F3N5O/c1-3-20(7-13(14,15)16)5-4-6-21-9-17-11-10(21)12(22)18-8-19(11)2/h8-9H,3-7H2,1-2H3. The minimum Gasteiger partial charge on any atom is -0.325 e. The van der Waals surface area contributed by atoms with Gasteiger partial charge in [-0.2, -0.15) is 18.2 Å². The molecule has 0 radical (unpaired) electrons. The Morgan fingerprint density at radius 3 is 2.64 bits per heavy atom. The number of halogens is 3. The molecule has 0 saturated heterocycles. The Bertz CT molecular complexity index is 691. The molecule has 0 aliphatic carbocycles. The van der Waals surface area contributed by atoms with Gasteiger partial charge in [0.25, 0.3) is 5.56 Å². The van der Waals surface area contributed by atoms with E-state index in [4.69, 9.17) is 0 Å². The highest BCUT2D eigenvalue weighted by Crippen LogP contribution is 2.16. The van der Waals surface area contributed by atoms with Crippen LogP contribution in [0, 0.1) is 0 Å². The van der Waals surface area contributed by atoms with Gasteiger partial charge in [-0.3, -0.25) is 9.69 Å². The summed E-state index contributed by atoms with van der Waals surface area (Å²) in [6.07, 6.45) is -0.789. The number of alkyl halides is 3. The first-order valence-corrected chi connectivity index (χ1v) is 6.97. The van der Waals surface area contributed by atoms with Crippen LogP contribution in [0.1, 0.15) is 13.3 Å². The predicted octanol–water partition coefficient (Wildman–Crippen LogP) is 1.40. The fourth-order valence-corrected chi connectivity index (χ4v) is 2.34. The van der Waals surface area contributed by atoms with Gasteiger partial charge in [-0.25, -0.2) is 4.98 Å². The molecule has 0 amide bonds. The minimum absolute atomic E-state index is 0.302. The molecule has 0 aliphatic heterocycles. The van der Waals surface area contributed by atoms with E-state index < -0.39 is 12.7 Å². The van der Waals surface area contributed by atoms with E-state index in [0.29, 0.717) is 37.2 Å². The van der Waals surface area contributed by atoms with Gasteiger partial charge in [0.2, 0.25) is 0 Å². The fraction of sp³-hybridized carbons (Fsp3) is 0.615. The van der Waals surface area contributed by atoms with E-state index >= 15 is 0 Å². The summed E-state index contributed by atoms with van der Waals surface area (Å²) < 4.78 is 40.4. The summed E-state index contributed by atoms with van der Waals surface area (Å²) in [6, 6.07) is 0. The summed E-state index contributed by atoms with van der Waals surface area (Å²) in [5.74, 6) is 0. The van der Waals surface area contributed by atoms with E-state index in [1.807, 2.05) is 0 Å². The van der Waals surface area contributed by atoms with Gasteiger partial charge < -0.3 is 9.13 Å². The molecular formula is C13H18F3N5O. The van der Waals surface area contributed by atoms with Crippen LogP contribution >= 0.6 is 0 Å². The van der Waals surface area contributed by atoms with Crippen LogP contribution < -0.4 is 5.56 Å². The first-order valence-electron chi connectivity index (χ1n) is 6.97. The molecule has 2 rings (SSSR count). The summed E-state index contributed by atoms with van der Waals surface area (Å²) >= 11 is 0. The molecular weight excluding hydrogens is 299 g/mol. The Labute approximate surface area is 125 Å². The molecule has 0 spiro atoms. The smallest absolute Gasteiger partial charge is 0.325 e. The summed E-state index contributed by atoms with van der Waals surface area (Å²) in [6.45, 7) is 1.82. The van der Waals surface area contributed by atoms with Crippen molar-refractivity contribution in [2.75, 3.05) is 19.6 Å². The van der Waals surface area contributed by atoms with Crippen LogP contribution in [0.3, 0.4) is 0 Å². The third-order valence-corrected chi connectivity index (χ3v) is 3.43. The largest absolute Gasteiger partial charge is 0.401 e. The van der Waals surface area contributed by atoms with E-state index in [2.05, 4.69) is 9.97 Å². The van der Waals surface area contributed by atoms with Crippen LogP contribution in [0.4, 0.5) is 13.2 Å². The zero-order chi connectivity index (χ0) is 16.3. The van der Waals surface area contributed by atoms with Crippen molar-refractivity contribution in [3.63, 3.8) is 0 Å². The van der Waals surface area contributed by atoms with E-state index in [0.717, 1.165) is 0 Å². The maximum atomic E-state index is 12.4. The number of hydrogen-bond acceptors (Lipinski definition) is 4. The number of imidazole rings is 1. The fourth-order valence-electron chi connectivity index (χ4n) is 2.34. The number of aromatic nitrogens is 4. The van der Waals surface area contributed by atoms with Crippen molar-refractivity contribution in [1.82, 2.24) is 24.0 Å². The van der Waals surface area contributed by atoms with E-state index in [1.165, 1.54) is 17.6 Å². The monoisotopic (exact) mass is 317 g/mol. The van der Waals surface area contributed by atoms with Gasteiger partial charge in [-0.15, -0.1) is 0 Å². The Kier molecular flexibility index (Phi) is 4.84. The first-order chi connectivity index (χ1) is 10.3. The van der Waals surface area contributed by atoms with Gasteiger partial charge in [0.05, 0.1) is 12.9 Å². The molecule has 0 saturated carbocycles. The number of aryl methyl sites for hydroxylation is 2. The summed E-state index contributed by atoms with van der Waals surface area (Å²) in [7, 11) is 1.73. The molecule has 0 fully saturated rings. The van der Waals surface area contributed by atoms with Crippen molar-refractivity contribution in [2.45, 2.75) is 26.1 Å². The van der Waals surface area contributed by atoms with Crippen molar-refractivity contribution in [3.05, 3.63) is 23.0 Å². The van der Waals surface area contributed by atoms with Crippen molar-refractivity contribution >= 4 is 11.2 Å². The molecule has 22 heavy (non-hydrogen) atoms. The SMILES string of the molecule is CCN(CCCn1cnc2c1c(=O)ncn2C)CC(F)(F)F. The second-order valence-corrected chi connectivity index (χ2v) is 5.11. The van der Waals surface area contributed by atoms with E-state index in [1.54, 1.807) is 23.1 Å². The molecule has 0 N–H and O–H groups in total. The number of rotatable bonds is 6. The highest BCUT2D eigenvalue weighted by Gasteiger charge is 2.29. The van der Waals surface area contributed by atoms with Crippen LogP contribution in [-0.4, -0.2) is 49.8 Å². The Hall–Kier alpha value is -1.90. The molecule has 0 atom stereocenters. The first kappa shape index (κ1) is 16.5. The lowest BCUT2D eigenvalue weighted by molar-refractivity contribution is -0.145. The Morgan fingerprint density at radius 1 is 1.27 bits per heavy atom. The zero-order valence-corrected chi connectivity index (χ0v) is 12.5. The average Bonchev–Trinajstić information content (AvgIpc) is 2.86. The van der Waals surface area contributed by atoms with E-state index in [-0.39, 0.29) is 5.56 Å². The highest BCUT2D eigenvalue weighted by molar-refractivity contribution is 5.69. The highest BCUT2D eigenvalue weighted by atomic mass is 19.4. The molecule has 0 unspecified atom stereocenters. The van der Waals surface area contributed by atoms with Crippen molar-refractivity contribution in [2.24, 2.45) is 7.05 Å². The lowest BCUT2D eigenvalue weighted by Crippen LogP contribution is -2.35. The topological polar surface area (TPSA) is 56.0 Å². The molecule has 2 heterocycles. The lowest BCUT2D eigenvalue weighted by Gasteiger charge is -2.21. The summed E-state index contributed by atoms with van der Waals surface area (Å²) in [5, 5.41) is 0. The molecule has 2 aromatic heterocycles. The van der Waals surface area contributed by atoms with Crippen LogP contribution in [0.2, 0.25) is 0 Å². The van der Waals surface area contributed by atoms with Gasteiger partial charge in [-0.1, -0.05) is 6.92 Å². The normalized spacial score (nSPS) is 12.5. The summed E-state index contributed by atoms with van der Waals surface area (Å²) in [5.41, 5.74) is 0.514. The van der Waals surface area contributed by atoms with Gasteiger partial charge in [0.15, 0.2) is 11.2 Å². The van der Waals surface area contributed by atoms with Crippen molar-refractivity contribution in [3.8, 4) is 0 Å². The zero-order valence-electron chi connectivity index (χ0n) is 12.5. The predicted molar refractivity (Wildman–Crippen MR) is 75.6 cm³/mol.